The predicted octanol–water partition coefficient (Wildman–Crippen LogP) is 3.43. The first-order valence-electron chi connectivity index (χ1n) is 8.61. The molecule has 0 spiro atoms. The van der Waals surface area contributed by atoms with Crippen molar-refractivity contribution in [3.8, 4) is 17.1 Å². The van der Waals surface area contributed by atoms with Crippen LogP contribution in [0.25, 0.3) is 28.5 Å². The Morgan fingerprint density at radius 1 is 1.11 bits per heavy atom. The van der Waals surface area contributed by atoms with Gasteiger partial charge in [-0.1, -0.05) is 53.8 Å². The van der Waals surface area contributed by atoms with Crippen LogP contribution in [0.2, 0.25) is 0 Å². The van der Waals surface area contributed by atoms with E-state index in [0.717, 1.165) is 16.9 Å². The number of fused-ring (bicyclic) bond motifs is 1. The van der Waals surface area contributed by atoms with Crippen LogP contribution in [0.3, 0.4) is 0 Å². The highest BCUT2D eigenvalue weighted by Crippen LogP contribution is 2.20. The van der Waals surface area contributed by atoms with Gasteiger partial charge in [-0.15, -0.1) is 5.10 Å². The first-order valence-corrected chi connectivity index (χ1v) is 9.42. The highest BCUT2D eigenvalue weighted by molar-refractivity contribution is 7.15. The molecule has 2 heterocycles. The van der Waals surface area contributed by atoms with Gasteiger partial charge in [0.1, 0.15) is 5.75 Å². The molecule has 2 aromatic heterocycles. The number of ether oxygens (including phenoxy) is 1. The number of benzene rings is 2. The molecule has 4 rings (SSSR count). The molecule has 5 nitrogen and oxygen atoms in total. The minimum Gasteiger partial charge on any atom is -0.494 e. The number of allylic oxidation sites excluding steroid dienone is 1. The molecule has 6 heteroatoms. The number of hydrogen-bond donors (Lipinski definition) is 0. The minimum atomic E-state index is -0.155. The van der Waals surface area contributed by atoms with Gasteiger partial charge in [0.05, 0.1) is 11.1 Å². The van der Waals surface area contributed by atoms with Gasteiger partial charge in [-0.3, -0.25) is 4.79 Å². The van der Waals surface area contributed by atoms with E-state index in [-0.39, 0.29) is 5.56 Å². The second-order valence-corrected chi connectivity index (χ2v) is 6.80. The SMILES string of the molecule is CCOc1ccc(-c2nc3sc(=CC=Cc4ccccc4)c(=O)n3n2)cc1. The Kier molecular flexibility index (Phi) is 4.80. The van der Waals surface area contributed by atoms with Crippen LogP contribution in [0.4, 0.5) is 0 Å². The molecule has 134 valence electrons. The number of thiazole rings is 1. The van der Waals surface area contributed by atoms with Crippen molar-refractivity contribution < 1.29 is 4.74 Å². The molecule has 0 saturated heterocycles. The normalized spacial score (nSPS) is 12.3. The second-order valence-electron chi connectivity index (χ2n) is 5.80. The summed E-state index contributed by atoms with van der Waals surface area (Å²) in [6, 6.07) is 17.5. The largest absolute Gasteiger partial charge is 0.494 e. The van der Waals surface area contributed by atoms with Gasteiger partial charge in [-0.25, -0.2) is 0 Å². The maximum atomic E-state index is 12.5. The molecule has 0 aliphatic rings. The van der Waals surface area contributed by atoms with E-state index in [9.17, 15) is 4.79 Å². The van der Waals surface area contributed by atoms with Gasteiger partial charge in [0.2, 0.25) is 4.96 Å². The van der Waals surface area contributed by atoms with Crippen LogP contribution >= 0.6 is 11.3 Å². The summed E-state index contributed by atoms with van der Waals surface area (Å²) >= 11 is 1.33. The second kappa shape index (κ2) is 7.55. The maximum Gasteiger partial charge on any atom is 0.291 e. The summed E-state index contributed by atoms with van der Waals surface area (Å²) in [6.45, 7) is 2.56. The third kappa shape index (κ3) is 3.66. The lowest BCUT2D eigenvalue weighted by molar-refractivity contribution is 0.340. The van der Waals surface area contributed by atoms with Crippen LogP contribution < -0.4 is 14.8 Å². The van der Waals surface area contributed by atoms with Crippen LogP contribution in [0, 0.1) is 0 Å². The van der Waals surface area contributed by atoms with Gasteiger partial charge < -0.3 is 4.74 Å². The van der Waals surface area contributed by atoms with E-state index >= 15 is 0 Å². The standard InChI is InChI=1S/C21H17N3O2S/c1-2-26-17-13-11-16(12-14-17)19-22-21-24(23-19)20(25)18(27-21)10-6-9-15-7-4-3-5-8-15/h3-14H,2H2,1H3. The average Bonchev–Trinajstić information content (AvgIpc) is 3.23. The summed E-state index contributed by atoms with van der Waals surface area (Å²) in [6.07, 6.45) is 5.63. The molecular weight excluding hydrogens is 358 g/mol. The summed E-state index contributed by atoms with van der Waals surface area (Å²) in [7, 11) is 0. The topological polar surface area (TPSA) is 56.5 Å². The smallest absolute Gasteiger partial charge is 0.291 e. The fourth-order valence-electron chi connectivity index (χ4n) is 2.65. The minimum absolute atomic E-state index is 0.155. The van der Waals surface area contributed by atoms with Gasteiger partial charge in [-0.2, -0.15) is 9.50 Å². The lowest BCUT2D eigenvalue weighted by Crippen LogP contribution is -2.23. The third-order valence-corrected chi connectivity index (χ3v) is 4.92. The molecule has 0 radical (unpaired) electrons. The van der Waals surface area contributed by atoms with Crippen LogP contribution in [0.5, 0.6) is 5.75 Å². The first kappa shape index (κ1) is 17.2. The van der Waals surface area contributed by atoms with E-state index in [2.05, 4.69) is 10.1 Å². The van der Waals surface area contributed by atoms with E-state index in [1.165, 1.54) is 15.9 Å². The van der Waals surface area contributed by atoms with Crippen molar-refractivity contribution in [2.75, 3.05) is 6.61 Å². The molecule has 0 fully saturated rings. The molecule has 0 bridgehead atoms. The van der Waals surface area contributed by atoms with Crippen molar-refractivity contribution in [2.24, 2.45) is 0 Å². The highest BCUT2D eigenvalue weighted by Gasteiger charge is 2.11. The Bertz CT molecular complexity index is 1190. The van der Waals surface area contributed by atoms with Gasteiger partial charge in [0, 0.05) is 5.56 Å². The molecule has 2 aromatic carbocycles. The highest BCUT2D eigenvalue weighted by atomic mass is 32.1. The molecule has 0 amide bonds. The Morgan fingerprint density at radius 3 is 2.59 bits per heavy atom. The molecule has 0 aliphatic carbocycles. The summed E-state index contributed by atoms with van der Waals surface area (Å²) in [4.78, 5) is 17.6. The van der Waals surface area contributed by atoms with E-state index in [4.69, 9.17) is 4.74 Å². The predicted molar refractivity (Wildman–Crippen MR) is 109 cm³/mol. The van der Waals surface area contributed by atoms with Crippen molar-refractivity contribution in [1.82, 2.24) is 14.6 Å². The molecule has 0 saturated carbocycles. The van der Waals surface area contributed by atoms with E-state index in [0.29, 0.717) is 21.9 Å². The van der Waals surface area contributed by atoms with Gasteiger partial charge >= 0.3 is 0 Å². The summed E-state index contributed by atoms with van der Waals surface area (Å²) in [5.74, 6) is 1.33. The number of aromatic nitrogens is 3. The maximum absolute atomic E-state index is 12.5. The Morgan fingerprint density at radius 2 is 1.89 bits per heavy atom. The number of hydrogen-bond acceptors (Lipinski definition) is 5. The molecule has 4 aromatic rings. The molecule has 0 unspecified atom stereocenters. The average molecular weight is 375 g/mol. The fourth-order valence-corrected chi connectivity index (χ4v) is 3.51. The van der Waals surface area contributed by atoms with Crippen LogP contribution in [-0.2, 0) is 0 Å². The summed E-state index contributed by atoms with van der Waals surface area (Å²) < 4.78 is 7.41. The zero-order chi connectivity index (χ0) is 18.6. The molecule has 0 N–H and O–H groups in total. The van der Waals surface area contributed by atoms with E-state index in [1.54, 1.807) is 6.08 Å². The number of rotatable bonds is 5. The zero-order valence-electron chi connectivity index (χ0n) is 14.7. The van der Waals surface area contributed by atoms with Crippen LogP contribution in [-0.4, -0.2) is 21.2 Å². The zero-order valence-corrected chi connectivity index (χ0v) is 15.5. The van der Waals surface area contributed by atoms with Gasteiger partial charge in [0.15, 0.2) is 5.82 Å². The van der Waals surface area contributed by atoms with Crippen molar-refractivity contribution >= 4 is 28.4 Å². The number of nitrogens with zero attached hydrogens (tertiary/aromatic N) is 3. The summed E-state index contributed by atoms with van der Waals surface area (Å²) in [5.41, 5.74) is 1.78. The fraction of sp³-hybridized carbons (Fsp3) is 0.0952. The lowest BCUT2D eigenvalue weighted by Gasteiger charge is -2.02. The molecule has 0 atom stereocenters. The van der Waals surface area contributed by atoms with Gasteiger partial charge in [0.25, 0.3) is 5.56 Å². The van der Waals surface area contributed by atoms with Crippen molar-refractivity contribution in [1.29, 1.82) is 0 Å². The molecular formula is C21H17N3O2S. The molecule has 27 heavy (non-hydrogen) atoms. The van der Waals surface area contributed by atoms with Crippen molar-refractivity contribution in [3.63, 3.8) is 0 Å². The quantitative estimate of drug-likeness (QED) is 0.536. The van der Waals surface area contributed by atoms with Crippen molar-refractivity contribution in [3.05, 3.63) is 81.1 Å². The lowest BCUT2D eigenvalue weighted by atomic mass is 10.2. The van der Waals surface area contributed by atoms with E-state index in [1.807, 2.05) is 73.7 Å². The van der Waals surface area contributed by atoms with Crippen LogP contribution in [0.15, 0.2) is 65.5 Å². The first-order chi connectivity index (χ1) is 13.2. The summed E-state index contributed by atoms with van der Waals surface area (Å²) in [5, 5.41) is 4.36. The monoisotopic (exact) mass is 375 g/mol. The Balaban J connectivity index is 1.62. The van der Waals surface area contributed by atoms with E-state index < -0.39 is 0 Å². The Hall–Kier alpha value is -3.25. The van der Waals surface area contributed by atoms with Crippen molar-refractivity contribution in [2.45, 2.75) is 6.92 Å². The third-order valence-electron chi connectivity index (χ3n) is 3.94. The molecule has 0 aliphatic heterocycles. The van der Waals surface area contributed by atoms with Crippen LogP contribution in [0.1, 0.15) is 12.5 Å². The Labute approximate surface area is 159 Å². The van der Waals surface area contributed by atoms with Gasteiger partial charge in [-0.05, 0) is 42.8 Å².